The molecule has 0 aliphatic rings. The standard InChI is InChI=1S/C11H22N2O2/c1-4-9(2)6-5-7-15-10(3)11(8-12)13-14/h8-9,12-14H,4-7H2,1-3H3/b11-10-,12-8?. The highest BCUT2D eigenvalue weighted by Crippen LogP contribution is 2.10. The lowest BCUT2D eigenvalue weighted by molar-refractivity contribution is 0.171. The van der Waals surface area contributed by atoms with Crippen molar-refractivity contribution >= 4 is 6.21 Å². The zero-order chi connectivity index (χ0) is 11.7. The number of ether oxygens (including phenoxy) is 1. The summed E-state index contributed by atoms with van der Waals surface area (Å²) in [5, 5.41) is 15.6. The van der Waals surface area contributed by atoms with E-state index in [1.165, 1.54) is 6.42 Å². The molecule has 0 radical (unpaired) electrons. The molecule has 88 valence electrons. The fourth-order valence-electron chi connectivity index (χ4n) is 1.15. The van der Waals surface area contributed by atoms with Crippen LogP contribution in [-0.2, 0) is 4.74 Å². The monoisotopic (exact) mass is 214 g/mol. The normalized spacial score (nSPS) is 14.1. The van der Waals surface area contributed by atoms with Gasteiger partial charge < -0.3 is 10.1 Å². The van der Waals surface area contributed by atoms with Crippen molar-refractivity contribution in [3.63, 3.8) is 0 Å². The molecule has 0 aliphatic carbocycles. The van der Waals surface area contributed by atoms with Crippen molar-refractivity contribution in [2.45, 2.75) is 40.0 Å². The number of hydrogen-bond donors (Lipinski definition) is 3. The van der Waals surface area contributed by atoms with Crippen LogP contribution in [0.5, 0.6) is 0 Å². The van der Waals surface area contributed by atoms with Gasteiger partial charge in [-0.05, 0) is 25.7 Å². The van der Waals surface area contributed by atoms with Gasteiger partial charge in [0.1, 0.15) is 11.5 Å². The van der Waals surface area contributed by atoms with Crippen molar-refractivity contribution < 1.29 is 9.94 Å². The third-order valence-corrected chi connectivity index (χ3v) is 2.50. The van der Waals surface area contributed by atoms with E-state index in [9.17, 15) is 0 Å². The van der Waals surface area contributed by atoms with Crippen LogP contribution >= 0.6 is 0 Å². The summed E-state index contributed by atoms with van der Waals surface area (Å²) in [5.74, 6) is 1.28. The van der Waals surface area contributed by atoms with Gasteiger partial charge in [-0.25, -0.2) is 0 Å². The highest BCUT2D eigenvalue weighted by Gasteiger charge is 2.01. The number of hydroxylamine groups is 1. The van der Waals surface area contributed by atoms with Crippen LogP contribution < -0.4 is 5.48 Å². The Labute approximate surface area is 91.8 Å². The maximum atomic E-state index is 8.64. The van der Waals surface area contributed by atoms with Crippen molar-refractivity contribution in [1.29, 1.82) is 5.41 Å². The summed E-state index contributed by atoms with van der Waals surface area (Å²) in [5.41, 5.74) is 2.23. The third kappa shape index (κ3) is 6.12. The molecule has 4 heteroatoms. The number of nitrogens with one attached hydrogen (secondary N) is 2. The molecule has 0 amide bonds. The number of rotatable bonds is 8. The Morgan fingerprint density at radius 1 is 1.60 bits per heavy atom. The molecule has 0 aromatic rings. The molecule has 1 unspecified atom stereocenters. The van der Waals surface area contributed by atoms with E-state index < -0.39 is 0 Å². The predicted molar refractivity (Wildman–Crippen MR) is 61.0 cm³/mol. The minimum absolute atomic E-state index is 0.304. The average Bonchev–Trinajstić information content (AvgIpc) is 2.25. The molecule has 3 N–H and O–H groups in total. The van der Waals surface area contributed by atoms with Crippen molar-refractivity contribution in [2.24, 2.45) is 5.92 Å². The van der Waals surface area contributed by atoms with Gasteiger partial charge in [-0.2, -0.15) is 0 Å². The lowest BCUT2D eigenvalue weighted by atomic mass is 10.0. The molecule has 0 aromatic heterocycles. The van der Waals surface area contributed by atoms with E-state index in [0.29, 0.717) is 18.1 Å². The first kappa shape index (κ1) is 14.0. The van der Waals surface area contributed by atoms with E-state index in [2.05, 4.69) is 13.8 Å². The molecule has 0 fully saturated rings. The Hall–Kier alpha value is -1.03. The third-order valence-electron chi connectivity index (χ3n) is 2.50. The summed E-state index contributed by atoms with van der Waals surface area (Å²) in [6.07, 6.45) is 4.38. The van der Waals surface area contributed by atoms with Gasteiger partial charge in [0.05, 0.1) is 6.61 Å². The average molecular weight is 214 g/mol. The summed E-state index contributed by atoms with van der Waals surface area (Å²) in [6, 6.07) is 0. The molecule has 15 heavy (non-hydrogen) atoms. The number of allylic oxidation sites excluding steroid dienone is 2. The molecular weight excluding hydrogens is 192 g/mol. The summed E-state index contributed by atoms with van der Waals surface area (Å²) < 4.78 is 5.39. The van der Waals surface area contributed by atoms with Crippen LogP contribution in [-0.4, -0.2) is 18.0 Å². The van der Waals surface area contributed by atoms with E-state index in [1.807, 2.05) is 5.48 Å². The van der Waals surface area contributed by atoms with E-state index >= 15 is 0 Å². The van der Waals surface area contributed by atoms with Gasteiger partial charge in [-0.15, -0.1) is 0 Å². The van der Waals surface area contributed by atoms with Crippen LogP contribution in [0.15, 0.2) is 11.5 Å². The van der Waals surface area contributed by atoms with Gasteiger partial charge in [0.25, 0.3) is 0 Å². The molecule has 0 bridgehead atoms. The molecule has 0 rings (SSSR count). The summed E-state index contributed by atoms with van der Waals surface area (Å²) in [4.78, 5) is 0. The first-order valence-electron chi connectivity index (χ1n) is 5.39. The first-order chi connectivity index (χ1) is 7.15. The maximum absolute atomic E-state index is 8.64. The zero-order valence-electron chi connectivity index (χ0n) is 9.84. The maximum Gasteiger partial charge on any atom is 0.120 e. The minimum atomic E-state index is 0.304. The Kier molecular flexibility index (Phi) is 7.72. The van der Waals surface area contributed by atoms with Crippen molar-refractivity contribution in [3.8, 4) is 0 Å². The van der Waals surface area contributed by atoms with Crippen LogP contribution in [0.25, 0.3) is 0 Å². The second-order valence-electron chi connectivity index (χ2n) is 3.73. The van der Waals surface area contributed by atoms with Gasteiger partial charge in [-0.3, -0.25) is 10.7 Å². The largest absolute Gasteiger partial charge is 0.496 e. The molecule has 0 saturated heterocycles. The molecule has 0 aliphatic heterocycles. The minimum Gasteiger partial charge on any atom is -0.496 e. The summed E-state index contributed by atoms with van der Waals surface area (Å²) in [7, 11) is 0. The van der Waals surface area contributed by atoms with E-state index in [0.717, 1.165) is 25.0 Å². The van der Waals surface area contributed by atoms with E-state index in [1.54, 1.807) is 6.92 Å². The topological polar surface area (TPSA) is 65.3 Å². The lowest BCUT2D eigenvalue weighted by Crippen LogP contribution is -2.11. The zero-order valence-corrected chi connectivity index (χ0v) is 9.84. The van der Waals surface area contributed by atoms with E-state index in [4.69, 9.17) is 15.4 Å². The van der Waals surface area contributed by atoms with Crippen LogP contribution in [0.4, 0.5) is 0 Å². The van der Waals surface area contributed by atoms with Crippen molar-refractivity contribution in [3.05, 3.63) is 11.5 Å². The van der Waals surface area contributed by atoms with Gasteiger partial charge in [0.15, 0.2) is 0 Å². The van der Waals surface area contributed by atoms with Crippen LogP contribution in [0, 0.1) is 11.3 Å². The second kappa shape index (κ2) is 8.29. The predicted octanol–water partition coefficient (Wildman–Crippen LogP) is 2.69. The summed E-state index contributed by atoms with van der Waals surface area (Å²) >= 11 is 0. The van der Waals surface area contributed by atoms with Crippen molar-refractivity contribution in [2.75, 3.05) is 6.61 Å². The Morgan fingerprint density at radius 2 is 2.27 bits per heavy atom. The van der Waals surface area contributed by atoms with E-state index in [-0.39, 0.29) is 0 Å². The van der Waals surface area contributed by atoms with Crippen LogP contribution in [0.2, 0.25) is 0 Å². The molecule has 0 aromatic carbocycles. The van der Waals surface area contributed by atoms with Crippen molar-refractivity contribution in [1.82, 2.24) is 5.48 Å². The Bertz CT molecular complexity index is 215. The first-order valence-corrected chi connectivity index (χ1v) is 5.39. The van der Waals surface area contributed by atoms with Gasteiger partial charge in [0, 0.05) is 6.21 Å². The molecule has 0 heterocycles. The Balaban J connectivity index is 3.76. The molecular formula is C11H22N2O2. The van der Waals surface area contributed by atoms with Crippen LogP contribution in [0.3, 0.4) is 0 Å². The fraction of sp³-hybridized carbons (Fsp3) is 0.727. The summed E-state index contributed by atoms with van der Waals surface area (Å²) in [6.45, 7) is 6.77. The van der Waals surface area contributed by atoms with Gasteiger partial charge in [0.2, 0.25) is 0 Å². The molecule has 4 nitrogen and oxygen atoms in total. The molecule has 0 saturated carbocycles. The highest BCUT2D eigenvalue weighted by atomic mass is 16.5. The highest BCUT2D eigenvalue weighted by molar-refractivity contribution is 5.74. The van der Waals surface area contributed by atoms with Gasteiger partial charge >= 0.3 is 0 Å². The Morgan fingerprint density at radius 3 is 2.73 bits per heavy atom. The van der Waals surface area contributed by atoms with Gasteiger partial charge in [-0.1, -0.05) is 20.3 Å². The lowest BCUT2D eigenvalue weighted by Gasteiger charge is -2.11. The quantitative estimate of drug-likeness (QED) is 0.252. The second-order valence-corrected chi connectivity index (χ2v) is 3.73. The smallest absolute Gasteiger partial charge is 0.120 e. The fourth-order valence-corrected chi connectivity index (χ4v) is 1.15. The molecule has 1 atom stereocenters. The van der Waals surface area contributed by atoms with Crippen LogP contribution in [0.1, 0.15) is 40.0 Å². The number of hydrogen-bond acceptors (Lipinski definition) is 4. The molecule has 0 spiro atoms. The SMILES string of the molecule is CCC(C)CCCO/C(C)=C(/C=N)NO.